The van der Waals surface area contributed by atoms with Gasteiger partial charge in [0.15, 0.2) is 6.29 Å². The van der Waals surface area contributed by atoms with E-state index < -0.39 is 11.2 Å². The second kappa shape index (κ2) is 9.55. The standard InChI is InChI=1S/C28H32N2O4Si/c1-19-15-21(23-9-7-8-10-24(23)29-19)17-32-22-13-11-20(12-14-22)25-16-28(18-31,33-30-25)27(5,6)34-35-26(2,3)4/h7-15,18H,16-17H2,1-6H3. The summed E-state index contributed by atoms with van der Waals surface area (Å²) < 4.78 is 12.2. The highest BCUT2D eigenvalue weighted by atomic mass is 28.2. The molecule has 182 valence electrons. The summed E-state index contributed by atoms with van der Waals surface area (Å²) in [5.41, 5.74) is 2.66. The Morgan fingerprint density at radius 2 is 1.80 bits per heavy atom. The van der Waals surface area contributed by atoms with Crippen molar-refractivity contribution < 1.29 is 18.8 Å². The molecule has 0 aliphatic carbocycles. The van der Waals surface area contributed by atoms with Crippen molar-refractivity contribution in [3.63, 3.8) is 0 Å². The van der Waals surface area contributed by atoms with Gasteiger partial charge in [-0.2, -0.15) is 0 Å². The minimum atomic E-state index is -1.16. The van der Waals surface area contributed by atoms with Crippen LogP contribution in [0.25, 0.3) is 10.9 Å². The van der Waals surface area contributed by atoms with Crippen LogP contribution in [0.15, 0.2) is 59.8 Å². The van der Waals surface area contributed by atoms with Crippen LogP contribution in [0.3, 0.4) is 0 Å². The molecule has 0 N–H and O–H groups in total. The number of aldehydes is 1. The zero-order valence-corrected chi connectivity index (χ0v) is 22.2. The summed E-state index contributed by atoms with van der Waals surface area (Å²) in [6.07, 6.45) is 1.18. The Bertz CT molecular complexity index is 1250. The van der Waals surface area contributed by atoms with Gasteiger partial charge in [0.25, 0.3) is 0 Å². The first-order valence-corrected chi connectivity index (χ1v) is 12.7. The normalized spacial score (nSPS) is 18.3. The van der Waals surface area contributed by atoms with Crippen molar-refractivity contribution in [2.75, 3.05) is 0 Å². The van der Waals surface area contributed by atoms with Crippen LogP contribution in [0.2, 0.25) is 5.04 Å². The molecule has 0 spiro atoms. The average molecular weight is 489 g/mol. The molecule has 0 amide bonds. The third-order valence-corrected chi connectivity index (χ3v) is 7.31. The van der Waals surface area contributed by atoms with E-state index in [2.05, 4.69) is 43.0 Å². The van der Waals surface area contributed by atoms with Gasteiger partial charge >= 0.3 is 0 Å². The van der Waals surface area contributed by atoms with E-state index >= 15 is 0 Å². The summed E-state index contributed by atoms with van der Waals surface area (Å²) in [5, 5.41) is 5.36. The zero-order valence-electron chi connectivity index (χ0n) is 21.2. The monoisotopic (exact) mass is 488 g/mol. The summed E-state index contributed by atoms with van der Waals surface area (Å²) in [7, 11) is 0.230. The summed E-state index contributed by atoms with van der Waals surface area (Å²) in [4.78, 5) is 22.5. The van der Waals surface area contributed by atoms with Crippen molar-refractivity contribution in [1.82, 2.24) is 4.98 Å². The fourth-order valence-corrected chi connectivity index (χ4v) is 4.65. The quantitative estimate of drug-likeness (QED) is 0.295. The molecule has 7 heteroatoms. The van der Waals surface area contributed by atoms with E-state index in [-0.39, 0.29) is 14.8 Å². The van der Waals surface area contributed by atoms with Crippen LogP contribution in [-0.2, 0) is 20.7 Å². The lowest BCUT2D eigenvalue weighted by atomic mass is 9.82. The smallest absolute Gasteiger partial charge is 0.236 e. The van der Waals surface area contributed by atoms with Crippen LogP contribution in [0.5, 0.6) is 5.75 Å². The van der Waals surface area contributed by atoms with Crippen molar-refractivity contribution in [2.45, 2.75) is 70.8 Å². The van der Waals surface area contributed by atoms with Crippen LogP contribution in [0.4, 0.5) is 0 Å². The van der Waals surface area contributed by atoms with Crippen LogP contribution < -0.4 is 4.74 Å². The number of hydrogen-bond acceptors (Lipinski definition) is 6. The Morgan fingerprint density at radius 1 is 1.09 bits per heavy atom. The first kappa shape index (κ1) is 25.1. The Morgan fingerprint density at radius 3 is 2.49 bits per heavy atom. The first-order valence-electron chi connectivity index (χ1n) is 11.8. The third-order valence-electron chi connectivity index (χ3n) is 6.08. The van der Waals surface area contributed by atoms with Crippen molar-refractivity contribution in [3.8, 4) is 5.75 Å². The SMILES string of the molecule is Cc1cc(COc2ccc(C3=NOC(C=O)(C(C)(C)O[Si]C(C)(C)C)C3)cc2)c2ccccc2n1. The van der Waals surface area contributed by atoms with Gasteiger partial charge in [0.1, 0.15) is 12.4 Å². The molecular weight excluding hydrogens is 456 g/mol. The minimum Gasteiger partial charge on any atom is -0.489 e. The lowest BCUT2D eigenvalue weighted by Gasteiger charge is -2.38. The van der Waals surface area contributed by atoms with Crippen LogP contribution in [0.1, 0.15) is 57.9 Å². The molecule has 0 saturated carbocycles. The molecule has 1 aliphatic rings. The highest BCUT2D eigenvalue weighted by Crippen LogP contribution is 2.38. The molecule has 0 fully saturated rings. The van der Waals surface area contributed by atoms with Crippen LogP contribution >= 0.6 is 0 Å². The number of aromatic nitrogens is 1. The molecule has 1 aliphatic heterocycles. The molecule has 1 aromatic heterocycles. The van der Waals surface area contributed by atoms with E-state index in [1.165, 1.54) is 0 Å². The van der Waals surface area contributed by atoms with Gasteiger partial charge in [-0.05, 0) is 67.8 Å². The second-order valence-electron chi connectivity index (χ2n) is 10.5. The maximum absolute atomic E-state index is 12.2. The molecule has 6 nitrogen and oxygen atoms in total. The van der Waals surface area contributed by atoms with Crippen molar-refractivity contribution in [3.05, 3.63) is 71.4 Å². The molecule has 0 saturated heterocycles. The van der Waals surface area contributed by atoms with E-state index in [1.54, 1.807) is 0 Å². The maximum atomic E-state index is 12.2. The van der Waals surface area contributed by atoms with Gasteiger partial charge in [-0.15, -0.1) is 0 Å². The Labute approximate surface area is 209 Å². The van der Waals surface area contributed by atoms with E-state index in [4.69, 9.17) is 14.0 Å². The molecule has 4 rings (SSSR count). The number of fused-ring (bicyclic) bond motifs is 1. The zero-order chi connectivity index (χ0) is 25.3. The van der Waals surface area contributed by atoms with Crippen LogP contribution in [0, 0.1) is 6.92 Å². The van der Waals surface area contributed by atoms with Gasteiger partial charge in [-0.25, -0.2) is 0 Å². The van der Waals surface area contributed by atoms with Gasteiger partial charge in [0.2, 0.25) is 15.4 Å². The Kier molecular flexibility index (Phi) is 6.84. The fourth-order valence-electron chi connectivity index (χ4n) is 3.92. The topological polar surface area (TPSA) is 70.0 Å². The average Bonchev–Trinajstić information content (AvgIpc) is 3.28. The molecule has 1 atom stereocenters. The summed E-state index contributed by atoms with van der Waals surface area (Å²) >= 11 is 0. The largest absolute Gasteiger partial charge is 0.489 e. The number of para-hydroxylation sites is 1. The van der Waals surface area contributed by atoms with Gasteiger partial charge < -0.3 is 14.0 Å². The van der Waals surface area contributed by atoms with Crippen molar-refractivity contribution >= 4 is 32.7 Å². The fraction of sp³-hybridized carbons (Fsp3) is 0.393. The molecule has 3 aromatic rings. The number of carbonyl (C=O) groups excluding carboxylic acids is 1. The van der Waals surface area contributed by atoms with Gasteiger partial charge in [0, 0.05) is 23.1 Å². The number of aryl methyl sites for hydroxylation is 1. The minimum absolute atomic E-state index is 0.000707. The second-order valence-corrected chi connectivity index (χ2v) is 12.4. The predicted octanol–water partition coefficient (Wildman–Crippen LogP) is 5.82. The highest BCUT2D eigenvalue weighted by Gasteiger charge is 2.53. The molecular formula is C28H32N2O4Si. The first-order chi connectivity index (χ1) is 16.5. The summed E-state index contributed by atoms with van der Waals surface area (Å²) in [6, 6.07) is 17.9. The highest BCUT2D eigenvalue weighted by molar-refractivity contribution is 6.32. The number of benzene rings is 2. The van der Waals surface area contributed by atoms with Crippen molar-refractivity contribution in [2.24, 2.45) is 5.16 Å². The molecule has 35 heavy (non-hydrogen) atoms. The molecule has 1 unspecified atom stereocenters. The third kappa shape index (κ3) is 5.46. The molecule has 2 aromatic carbocycles. The van der Waals surface area contributed by atoms with E-state index in [9.17, 15) is 4.79 Å². The predicted molar refractivity (Wildman–Crippen MR) is 139 cm³/mol. The number of hydrogen-bond donors (Lipinski definition) is 0. The number of ether oxygens (including phenoxy) is 1. The van der Waals surface area contributed by atoms with E-state index in [0.717, 1.165) is 45.5 Å². The number of pyridine rings is 1. The Balaban J connectivity index is 1.44. The van der Waals surface area contributed by atoms with Gasteiger partial charge in [-0.1, -0.05) is 44.1 Å². The number of carbonyl (C=O) groups is 1. The number of rotatable bonds is 8. The number of oxime groups is 1. The van der Waals surface area contributed by atoms with Gasteiger partial charge in [0.05, 0.1) is 16.8 Å². The van der Waals surface area contributed by atoms with Crippen molar-refractivity contribution in [1.29, 1.82) is 0 Å². The molecule has 2 radical (unpaired) electrons. The van der Waals surface area contributed by atoms with Crippen LogP contribution in [-0.4, -0.2) is 37.9 Å². The lowest BCUT2D eigenvalue weighted by molar-refractivity contribution is -0.157. The van der Waals surface area contributed by atoms with E-state index in [1.807, 2.05) is 63.2 Å². The molecule has 2 heterocycles. The Hall–Kier alpha value is -3.03. The number of nitrogens with zero attached hydrogens (tertiary/aromatic N) is 2. The summed E-state index contributed by atoms with van der Waals surface area (Å²) in [5.74, 6) is 0.753. The maximum Gasteiger partial charge on any atom is 0.236 e. The summed E-state index contributed by atoms with van der Waals surface area (Å²) in [6.45, 7) is 12.5. The molecule has 0 bridgehead atoms. The van der Waals surface area contributed by atoms with Gasteiger partial charge in [-0.3, -0.25) is 9.78 Å². The van der Waals surface area contributed by atoms with E-state index in [0.29, 0.717) is 13.0 Å². The lowest BCUT2D eigenvalue weighted by Crippen LogP contribution is -2.54.